The molecule has 1 aliphatic rings. The number of carbonyl (C=O) groups excluding carboxylic acids is 1. The standard InChI is InChI=1S/C21H25N5OS/c1-3-15-6-8-16(9-7-15)20(27)24-21-23-18(13-28-21)19-5-4-10-26(19)12-17-11-25(2)14-22-17/h6-9,11,13-14,19H,3-5,10,12H2,1-2H3,(H,23,24,27)/t19-/m0/s1. The summed E-state index contributed by atoms with van der Waals surface area (Å²) in [5, 5.41) is 5.67. The van der Waals surface area contributed by atoms with Gasteiger partial charge < -0.3 is 4.57 Å². The summed E-state index contributed by atoms with van der Waals surface area (Å²) in [5.41, 5.74) is 4.00. The van der Waals surface area contributed by atoms with Crippen molar-refractivity contribution in [3.8, 4) is 0 Å². The highest BCUT2D eigenvalue weighted by atomic mass is 32.1. The number of likely N-dealkylation sites (tertiary alicyclic amines) is 1. The molecule has 1 N–H and O–H groups in total. The van der Waals surface area contributed by atoms with Crippen LogP contribution in [0.1, 0.15) is 53.1 Å². The lowest BCUT2D eigenvalue weighted by molar-refractivity contribution is 0.102. The van der Waals surface area contributed by atoms with Crippen LogP contribution in [0.15, 0.2) is 42.2 Å². The molecule has 28 heavy (non-hydrogen) atoms. The number of benzene rings is 1. The van der Waals surface area contributed by atoms with Gasteiger partial charge in [0, 0.05) is 30.7 Å². The van der Waals surface area contributed by atoms with E-state index in [4.69, 9.17) is 4.98 Å². The highest BCUT2D eigenvalue weighted by Crippen LogP contribution is 2.34. The van der Waals surface area contributed by atoms with Gasteiger partial charge in [-0.25, -0.2) is 9.97 Å². The summed E-state index contributed by atoms with van der Waals surface area (Å²) in [6.45, 7) is 3.98. The molecule has 0 aliphatic carbocycles. The maximum Gasteiger partial charge on any atom is 0.257 e. The van der Waals surface area contributed by atoms with E-state index in [0.717, 1.165) is 43.7 Å². The maximum atomic E-state index is 12.5. The fourth-order valence-electron chi connectivity index (χ4n) is 3.66. The Morgan fingerprint density at radius 2 is 2.14 bits per heavy atom. The fourth-order valence-corrected chi connectivity index (χ4v) is 4.42. The van der Waals surface area contributed by atoms with Crippen LogP contribution in [0, 0.1) is 0 Å². The van der Waals surface area contributed by atoms with Crippen LogP contribution in [-0.2, 0) is 20.0 Å². The first-order chi connectivity index (χ1) is 13.6. The van der Waals surface area contributed by atoms with Crippen molar-refractivity contribution in [2.45, 2.75) is 38.8 Å². The topological polar surface area (TPSA) is 63.1 Å². The summed E-state index contributed by atoms with van der Waals surface area (Å²) in [4.78, 5) is 24.1. The van der Waals surface area contributed by atoms with E-state index in [1.807, 2.05) is 42.2 Å². The van der Waals surface area contributed by atoms with Gasteiger partial charge >= 0.3 is 0 Å². The molecule has 0 unspecified atom stereocenters. The SMILES string of the molecule is CCc1ccc(C(=O)Nc2nc([C@@H]3CCCN3Cc3cn(C)cn3)cs2)cc1. The van der Waals surface area contributed by atoms with E-state index in [2.05, 4.69) is 33.7 Å². The highest BCUT2D eigenvalue weighted by molar-refractivity contribution is 7.14. The number of aryl methyl sites for hydroxylation is 2. The molecule has 2 aromatic heterocycles. The smallest absolute Gasteiger partial charge is 0.257 e. The Labute approximate surface area is 169 Å². The van der Waals surface area contributed by atoms with Gasteiger partial charge in [0.1, 0.15) is 0 Å². The zero-order chi connectivity index (χ0) is 19.5. The number of nitrogens with zero attached hydrogens (tertiary/aromatic N) is 4. The van der Waals surface area contributed by atoms with Crippen molar-refractivity contribution in [3.05, 3.63) is 64.7 Å². The third-order valence-electron chi connectivity index (χ3n) is 5.20. The Bertz CT molecular complexity index is 946. The minimum Gasteiger partial charge on any atom is -0.340 e. The van der Waals surface area contributed by atoms with Crippen LogP contribution >= 0.6 is 11.3 Å². The largest absolute Gasteiger partial charge is 0.340 e. The molecule has 1 atom stereocenters. The Morgan fingerprint density at radius 3 is 2.86 bits per heavy atom. The van der Waals surface area contributed by atoms with E-state index in [-0.39, 0.29) is 11.9 Å². The Hall–Kier alpha value is -2.51. The van der Waals surface area contributed by atoms with Crippen LogP contribution < -0.4 is 5.32 Å². The predicted octanol–water partition coefficient (Wildman–Crippen LogP) is 4.03. The molecule has 1 fully saturated rings. The fraction of sp³-hybridized carbons (Fsp3) is 0.381. The Balaban J connectivity index is 1.42. The summed E-state index contributed by atoms with van der Waals surface area (Å²) in [7, 11) is 1.99. The number of anilines is 1. The van der Waals surface area contributed by atoms with Crippen molar-refractivity contribution in [2.24, 2.45) is 7.05 Å². The lowest BCUT2D eigenvalue weighted by atomic mass is 10.1. The normalized spacial score (nSPS) is 17.1. The van der Waals surface area contributed by atoms with E-state index in [1.54, 1.807) is 0 Å². The van der Waals surface area contributed by atoms with Crippen molar-refractivity contribution in [3.63, 3.8) is 0 Å². The van der Waals surface area contributed by atoms with Crippen molar-refractivity contribution >= 4 is 22.4 Å². The zero-order valence-electron chi connectivity index (χ0n) is 16.3. The van der Waals surface area contributed by atoms with Crippen LogP contribution in [0.4, 0.5) is 5.13 Å². The number of hydrogen-bond donors (Lipinski definition) is 1. The number of rotatable bonds is 6. The van der Waals surface area contributed by atoms with Gasteiger partial charge in [-0.05, 0) is 43.5 Å². The van der Waals surface area contributed by atoms with Crippen molar-refractivity contribution in [1.29, 1.82) is 0 Å². The summed E-state index contributed by atoms with van der Waals surface area (Å²) in [6.07, 6.45) is 7.10. The molecule has 0 saturated carbocycles. The average molecular weight is 396 g/mol. The molecular formula is C21H25N5OS. The molecule has 3 aromatic rings. The predicted molar refractivity (Wildman–Crippen MR) is 111 cm³/mol. The second kappa shape index (κ2) is 8.24. The van der Waals surface area contributed by atoms with Crippen LogP contribution in [-0.4, -0.2) is 31.9 Å². The van der Waals surface area contributed by atoms with Gasteiger partial charge in [-0.3, -0.25) is 15.0 Å². The first-order valence-electron chi connectivity index (χ1n) is 9.69. The highest BCUT2D eigenvalue weighted by Gasteiger charge is 2.28. The monoisotopic (exact) mass is 395 g/mol. The first kappa shape index (κ1) is 18.8. The van der Waals surface area contributed by atoms with E-state index < -0.39 is 0 Å². The van der Waals surface area contributed by atoms with E-state index in [1.165, 1.54) is 16.9 Å². The van der Waals surface area contributed by atoms with Gasteiger partial charge in [0.05, 0.1) is 23.8 Å². The molecule has 1 saturated heterocycles. The number of amides is 1. The summed E-state index contributed by atoms with van der Waals surface area (Å²) >= 11 is 1.49. The van der Waals surface area contributed by atoms with Crippen molar-refractivity contribution < 1.29 is 4.79 Å². The molecule has 6 nitrogen and oxygen atoms in total. The second-order valence-corrected chi connectivity index (χ2v) is 8.10. The van der Waals surface area contributed by atoms with Crippen LogP contribution in [0.2, 0.25) is 0 Å². The Morgan fingerprint density at radius 1 is 1.32 bits per heavy atom. The van der Waals surface area contributed by atoms with Gasteiger partial charge in [0.2, 0.25) is 0 Å². The van der Waals surface area contributed by atoms with Gasteiger partial charge in [0.15, 0.2) is 5.13 Å². The molecule has 0 spiro atoms. The first-order valence-corrected chi connectivity index (χ1v) is 10.6. The zero-order valence-corrected chi connectivity index (χ0v) is 17.1. The molecule has 0 radical (unpaired) electrons. The summed E-state index contributed by atoms with van der Waals surface area (Å²) < 4.78 is 1.98. The minimum absolute atomic E-state index is 0.111. The third kappa shape index (κ3) is 4.15. The molecule has 146 valence electrons. The molecular weight excluding hydrogens is 370 g/mol. The van der Waals surface area contributed by atoms with Gasteiger partial charge in [-0.2, -0.15) is 0 Å². The number of imidazole rings is 1. The lowest BCUT2D eigenvalue weighted by Gasteiger charge is -2.21. The third-order valence-corrected chi connectivity index (χ3v) is 5.97. The molecule has 3 heterocycles. The summed E-state index contributed by atoms with van der Waals surface area (Å²) in [6, 6.07) is 8.02. The molecule has 1 amide bonds. The van der Waals surface area contributed by atoms with Crippen LogP contribution in [0.25, 0.3) is 0 Å². The summed E-state index contributed by atoms with van der Waals surface area (Å²) in [5.74, 6) is -0.111. The van der Waals surface area contributed by atoms with Gasteiger partial charge in [0.25, 0.3) is 5.91 Å². The van der Waals surface area contributed by atoms with Crippen LogP contribution in [0.5, 0.6) is 0 Å². The average Bonchev–Trinajstić information content (AvgIpc) is 3.44. The number of aromatic nitrogens is 3. The molecule has 4 rings (SSSR count). The number of nitrogens with one attached hydrogen (secondary N) is 1. The van der Waals surface area contributed by atoms with Crippen molar-refractivity contribution in [1.82, 2.24) is 19.4 Å². The molecule has 0 bridgehead atoms. The molecule has 1 aliphatic heterocycles. The van der Waals surface area contributed by atoms with E-state index in [0.29, 0.717) is 10.7 Å². The number of hydrogen-bond acceptors (Lipinski definition) is 5. The number of carbonyl (C=O) groups is 1. The Kier molecular flexibility index (Phi) is 5.54. The van der Waals surface area contributed by atoms with Gasteiger partial charge in [-0.1, -0.05) is 19.1 Å². The van der Waals surface area contributed by atoms with E-state index in [9.17, 15) is 4.79 Å². The van der Waals surface area contributed by atoms with E-state index >= 15 is 0 Å². The molecule has 1 aromatic carbocycles. The van der Waals surface area contributed by atoms with Crippen molar-refractivity contribution in [2.75, 3.05) is 11.9 Å². The second-order valence-electron chi connectivity index (χ2n) is 7.24. The van der Waals surface area contributed by atoms with Gasteiger partial charge in [-0.15, -0.1) is 11.3 Å². The minimum atomic E-state index is -0.111. The number of thiazole rings is 1. The quantitative estimate of drug-likeness (QED) is 0.684. The molecule has 7 heteroatoms. The van der Waals surface area contributed by atoms with Crippen LogP contribution in [0.3, 0.4) is 0 Å². The maximum absolute atomic E-state index is 12.5. The lowest BCUT2D eigenvalue weighted by Crippen LogP contribution is -2.23.